The lowest BCUT2D eigenvalue weighted by Crippen LogP contribution is -2.43. The second kappa shape index (κ2) is 11.3. The molecule has 4 rings (SSSR count). The summed E-state index contributed by atoms with van der Waals surface area (Å²) in [5.74, 6) is 0.510. The molecule has 0 aliphatic carbocycles. The summed E-state index contributed by atoms with van der Waals surface area (Å²) < 4.78 is 5.20. The molecular weight excluding hydrogens is 472 g/mol. The zero-order chi connectivity index (χ0) is 23.0. The monoisotopic (exact) mass is 496 g/mol. The van der Waals surface area contributed by atoms with E-state index in [-0.39, 0.29) is 18.2 Å². The summed E-state index contributed by atoms with van der Waals surface area (Å²) in [6.45, 7) is 0.761. The summed E-state index contributed by atoms with van der Waals surface area (Å²) in [7, 11) is 1.62. The predicted molar refractivity (Wildman–Crippen MR) is 135 cm³/mol. The van der Waals surface area contributed by atoms with Crippen molar-refractivity contribution in [2.45, 2.75) is 25.6 Å². The minimum atomic E-state index is -0.696. The smallest absolute Gasteiger partial charge is 0.248 e. The van der Waals surface area contributed by atoms with Crippen molar-refractivity contribution in [3.8, 4) is 5.75 Å². The molecule has 2 amide bonds. The maximum absolute atomic E-state index is 13.5. The first-order chi connectivity index (χ1) is 16.1. The van der Waals surface area contributed by atoms with Gasteiger partial charge < -0.3 is 15.0 Å². The molecule has 0 aliphatic heterocycles. The third-order valence-electron chi connectivity index (χ3n) is 5.13. The van der Waals surface area contributed by atoms with Gasteiger partial charge in [0.05, 0.1) is 20.1 Å². The molecule has 0 aliphatic rings. The number of rotatable bonds is 10. The van der Waals surface area contributed by atoms with Crippen molar-refractivity contribution in [3.05, 3.63) is 97.0 Å². The molecule has 5 nitrogen and oxygen atoms in total. The average Bonchev–Trinajstić information content (AvgIpc) is 3.62. The standard InChI is InChI=1S/C25H24N2O3S3/c1-30-19-10-8-18(9-11-19)16-26-25(29)24(22-7-4-14-33-22)27(17-21-6-3-13-32-21)23(28)15-20-5-2-12-31-20/h2-14,24H,15-17H2,1H3,(H,26,29). The first-order valence-corrected chi connectivity index (χ1v) is 13.1. The van der Waals surface area contributed by atoms with Crippen LogP contribution in [0.4, 0.5) is 0 Å². The van der Waals surface area contributed by atoms with Gasteiger partial charge in [-0.15, -0.1) is 34.0 Å². The lowest BCUT2D eigenvalue weighted by Gasteiger charge is -2.30. The van der Waals surface area contributed by atoms with Crippen LogP contribution in [0.2, 0.25) is 0 Å². The van der Waals surface area contributed by atoms with E-state index in [1.165, 1.54) is 11.3 Å². The summed E-state index contributed by atoms with van der Waals surface area (Å²) in [6.07, 6.45) is 0.274. The number of amides is 2. The van der Waals surface area contributed by atoms with Gasteiger partial charge in [0.15, 0.2) is 0 Å². The number of nitrogens with zero attached hydrogens (tertiary/aromatic N) is 1. The van der Waals surface area contributed by atoms with E-state index in [1.807, 2.05) is 76.8 Å². The van der Waals surface area contributed by atoms with Gasteiger partial charge in [0.1, 0.15) is 11.8 Å². The van der Waals surface area contributed by atoms with Crippen molar-refractivity contribution in [3.63, 3.8) is 0 Å². The van der Waals surface area contributed by atoms with Crippen LogP contribution in [-0.2, 0) is 29.1 Å². The Morgan fingerprint density at radius 3 is 2.18 bits per heavy atom. The van der Waals surface area contributed by atoms with Crippen LogP contribution >= 0.6 is 34.0 Å². The molecule has 170 valence electrons. The number of methoxy groups -OCH3 is 1. The molecule has 3 heterocycles. The molecular formula is C25H24N2O3S3. The van der Waals surface area contributed by atoms with Crippen molar-refractivity contribution < 1.29 is 14.3 Å². The molecule has 0 spiro atoms. The van der Waals surface area contributed by atoms with E-state index in [4.69, 9.17) is 4.74 Å². The van der Waals surface area contributed by atoms with Gasteiger partial charge in [0.25, 0.3) is 0 Å². The molecule has 1 aromatic carbocycles. The highest BCUT2D eigenvalue weighted by Crippen LogP contribution is 2.29. The Kier molecular flexibility index (Phi) is 7.93. The van der Waals surface area contributed by atoms with E-state index < -0.39 is 6.04 Å². The molecule has 0 saturated heterocycles. The normalized spacial score (nSPS) is 11.7. The van der Waals surface area contributed by atoms with E-state index >= 15 is 0 Å². The van der Waals surface area contributed by atoms with Crippen LogP contribution in [0.5, 0.6) is 5.75 Å². The highest BCUT2D eigenvalue weighted by Gasteiger charge is 2.32. The van der Waals surface area contributed by atoms with Crippen molar-refractivity contribution >= 4 is 45.8 Å². The largest absolute Gasteiger partial charge is 0.497 e. The number of hydrogen-bond acceptors (Lipinski definition) is 6. The Morgan fingerprint density at radius 1 is 0.909 bits per heavy atom. The second-order valence-corrected chi connectivity index (χ2v) is 10.4. The number of thiophene rings is 3. The fraction of sp³-hybridized carbons (Fsp3) is 0.200. The molecule has 0 saturated carbocycles. The maximum Gasteiger partial charge on any atom is 0.248 e. The molecule has 33 heavy (non-hydrogen) atoms. The third kappa shape index (κ3) is 6.10. The van der Waals surface area contributed by atoms with Gasteiger partial charge in [-0.3, -0.25) is 9.59 Å². The molecule has 1 atom stereocenters. The molecule has 1 N–H and O–H groups in total. The SMILES string of the molecule is COc1ccc(CNC(=O)C(c2cccs2)N(Cc2cccs2)C(=O)Cc2cccs2)cc1. The first-order valence-electron chi connectivity index (χ1n) is 10.4. The van der Waals surface area contributed by atoms with E-state index in [1.54, 1.807) is 34.7 Å². The van der Waals surface area contributed by atoms with E-state index in [2.05, 4.69) is 5.32 Å². The lowest BCUT2D eigenvalue weighted by molar-refractivity contribution is -0.141. The summed E-state index contributed by atoms with van der Waals surface area (Å²) in [6, 6.07) is 18.6. The second-order valence-electron chi connectivity index (χ2n) is 7.34. The zero-order valence-corrected chi connectivity index (χ0v) is 20.6. The number of hydrogen-bond donors (Lipinski definition) is 1. The van der Waals surface area contributed by atoms with Gasteiger partial charge in [-0.05, 0) is 52.0 Å². The molecule has 0 radical (unpaired) electrons. The van der Waals surface area contributed by atoms with Crippen LogP contribution in [0, 0.1) is 0 Å². The van der Waals surface area contributed by atoms with Gasteiger partial charge in [-0.25, -0.2) is 0 Å². The Morgan fingerprint density at radius 2 is 1.58 bits per heavy atom. The van der Waals surface area contributed by atoms with Crippen molar-refractivity contribution in [1.29, 1.82) is 0 Å². The Bertz CT molecular complexity index is 1140. The van der Waals surface area contributed by atoms with Gasteiger partial charge in [-0.1, -0.05) is 30.3 Å². The number of benzene rings is 1. The molecule has 3 aromatic heterocycles. The zero-order valence-electron chi connectivity index (χ0n) is 18.1. The van der Waals surface area contributed by atoms with Crippen LogP contribution in [0.1, 0.15) is 26.2 Å². The topological polar surface area (TPSA) is 58.6 Å². The average molecular weight is 497 g/mol. The Hall–Kier alpha value is -2.94. The van der Waals surface area contributed by atoms with E-state index in [0.717, 1.165) is 25.9 Å². The Labute approximate surface area is 205 Å². The Balaban J connectivity index is 1.58. The van der Waals surface area contributed by atoms with Gasteiger partial charge in [0.2, 0.25) is 11.8 Å². The number of nitrogens with one attached hydrogen (secondary N) is 1. The first kappa shape index (κ1) is 23.2. The van der Waals surface area contributed by atoms with Gasteiger partial charge in [-0.2, -0.15) is 0 Å². The van der Waals surface area contributed by atoms with Gasteiger partial charge in [0, 0.05) is 21.2 Å². The number of carbonyl (C=O) groups is 2. The molecule has 1 unspecified atom stereocenters. The summed E-state index contributed by atoms with van der Waals surface area (Å²) in [5, 5.41) is 8.92. The van der Waals surface area contributed by atoms with Crippen molar-refractivity contribution in [1.82, 2.24) is 10.2 Å². The highest BCUT2D eigenvalue weighted by atomic mass is 32.1. The third-order valence-corrected chi connectivity index (χ3v) is 7.79. The van der Waals surface area contributed by atoms with E-state index in [0.29, 0.717) is 13.1 Å². The van der Waals surface area contributed by atoms with Crippen molar-refractivity contribution in [2.75, 3.05) is 7.11 Å². The van der Waals surface area contributed by atoms with Crippen LogP contribution in [0.25, 0.3) is 0 Å². The summed E-state index contributed by atoms with van der Waals surface area (Å²) >= 11 is 4.62. The maximum atomic E-state index is 13.5. The number of carbonyl (C=O) groups excluding carboxylic acids is 2. The fourth-order valence-electron chi connectivity index (χ4n) is 3.46. The lowest BCUT2D eigenvalue weighted by atomic mass is 10.1. The van der Waals surface area contributed by atoms with E-state index in [9.17, 15) is 9.59 Å². The van der Waals surface area contributed by atoms with Crippen LogP contribution in [0.15, 0.2) is 76.8 Å². The minimum Gasteiger partial charge on any atom is -0.497 e. The number of ether oxygens (including phenoxy) is 1. The van der Waals surface area contributed by atoms with Crippen molar-refractivity contribution in [2.24, 2.45) is 0 Å². The summed E-state index contributed by atoms with van der Waals surface area (Å²) in [5.41, 5.74) is 0.962. The predicted octanol–water partition coefficient (Wildman–Crippen LogP) is 5.51. The highest BCUT2D eigenvalue weighted by molar-refractivity contribution is 7.10. The van der Waals surface area contributed by atoms with Crippen LogP contribution in [-0.4, -0.2) is 23.8 Å². The minimum absolute atomic E-state index is 0.0659. The quantitative estimate of drug-likeness (QED) is 0.315. The summed E-state index contributed by atoms with van der Waals surface area (Å²) in [4.78, 5) is 31.5. The van der Waals surface area contributed by atoms with Crippen LogP contribution < -0.4 is 10.1 Å². The van der Waals surface area contributed by atoms with Gasteiger partial charge >= 0.3 is 0 Å². The van der Waals surface area contributed by atoms with Crippen LogP contribution in [0.3, 0.4) is 0 Å². The molecule has 8 heteroatoms. The molecule has 0 fully saturated rings. The fourth-order valence-corrected chi connectivity index (χ4v) is 5.69. The molecule has 0 bridgehead atoms. The molecule has 4 aromatic rings.